The van der Waals surface area contributed by atoms with E-state index >= 15 is 0 Å². The topological polar surface area (TPSA) is 67.4 Å². The fraction of sp³-hybridized carbons (Fsp3) is 0.389. The molecule has 0 bridgehead atoms. The summed E-state index contributed by atoms with van der Waals surface area (Å²) >= 11 is 0. The number of carbonyl (C=O) groups excluding carboxylic acids is 1. The number of amides is 1. The van der Waals surface area contributed by atoms with E-state index in [4.69, 9.17) is 4.74 Å². The molecule has 126 valence electrons. The number of aromatic nitrogens is 2. The van der Waals surface area contributed by atoms with Crippen LogP contribution in [0.4, 0.5) is 11.5 Å². The number of rotatable bonds is 6. The molecule has 0 saturated carbocycles. The van der Waals surface area contributed by atoms with Gasteiger partial charge in [-0.3, -0.25) is 4.79 Å². The van der Waals surface area contributed by atoms with Crippen LogP contribution in [0.2, 0.25) is 0 Å². The van der Waals surface area contributed by atoms with E-state index in [9.17, 15) is 4.79 Å². The van der Waals surface area contributed by atoms with E-state index in [1.54, 1.807) is 4.90 Å². The summed E-state index contributed by atoms with van der Waals surface area (Å²) in [7, 11) is 0. The molecule has 1 aromatic carbocycles. The molecule has 0 unspecified atom stereocenters. The molecular formula is C18H22N4O2. The standard InChI is InChI=1S/C18H22N4O2/c1-3-14-11-17(21-13(2)20-14)19-9-6-10-22-15-7-4-5-8-16(15)24-12-18(22)23/h4-5,7-8,11H,3,6,9-10,12H2,1-2H3,(H,19,20,21). The van der Waals surface area contributed by atoms with Gasteiger partial charge in [0.15, 0.2) is 6.61 Å². The molecule has 2 heterocycles. The van der Waals surface area contributed by atoms with Gasteiger partial charge in [0.2, 0.25) is 0 Å². The van der Waals surface area contributed by atoms with Crippen molar-refractivity contribution in [3.63, 3.8) is 0 Å². The highest BCUT2D eigenvalue weighted by Crippen LogP contribution is 2.31. The number of hydrogen-bond acceptors (Lipinski definition) is 5. The van der Waals surface area contributed by atoms with Crippen molar-refractivity contribution in [1.29, 1.82) is 0 Å². The zero-order valence-electron chi connectivity index (χ0n) is 14.1. The molecule has 0 fully saturated rings. The van der Waals surface area contributed by atoms with Crippen molar-refractivity contribution in [1.82, 2.24) is 9.97 Å². The number of hydrogen-bond donors (Lipinski definition) is 1. The number of benzene rings is 1. The van der Waals surface area contributed by atoms with Crippen molar-refractivity contribution in [2.45, 2.75) is 26.7 Å². The minimum absolute atomic E-state index is 0.000139. The third kappa shape index (κ3) is 3.64. The quantitative estimate of drug-likeness (QED) is 0.827. The van der Waals surface area contributed by atoms with E-state index in [1.165, 1.54) is 0 Å². The summed E-state index contributed by atoms with van der Waals surface area (Å²) in [6, 6.07) is 9.62. The molecule has 0 radical (unpaired) electrons. The largest absolute Gasteiger partial charge is 0.482 e. The first-order chi connectivity index (χ1) is 11.7. The van der Waals surface area contributed by atoms with Gasteiger partial charge in [0.1, 0.15) is 17.4 Å². The Morgan fingerprint density at radius 2 is 2.12 bits per heavy atom. The van der Waals surface area contributed by atoms with Crippen molar-refractivity contribution in [2.24, 2.45) is 0 Å². The normalized spacial score (nSPS) is 13.4. The third-order valence-electron chi connectivity index (χ3n) is 3.93. The van der Waals surface area contributed by atoms with E-state index in [-0.39, 0.29) is 12.5 Å². The second-order valence-corrected chi connectivity index (χ2v) is 5.73. The lowest BCUT2D eigenvalue weighted by Gasteiger charge is -2.29. The number of nitrogens with zero attached hydrogens (tertiary/aromatic N) is 3. The Morgan fingerprint density at radius 1 is 1.29 bits per heavy atom. The summed E-state index contributed by atoms with van der Waals surface area (Å²) in [6.45, 7) is 5.47. The Balaban J connectivity index is 1.57. The maximum absolute atomic E-state index is 12.1. The van der Waals surface area contributed by atoms with Gasteiger partial charge in [-0.1, -0.05) is 19.1 Å². The van der Waals surface area contributed by atoms with Crippen LogP contribution in [0.1, 0.15) is 24.9 Å². The van der Waals surface area contributed by atoms with Crippen LogP contribution < -0.4 is 15.0 Å². The molecule has 1 aromatic heterocycles. The molecule has 1 amide bonds. The molecule has 0 saturated heterocycles. The van der Waals surface area contributed by atoms with E-state index in [2.05, 4.69) is 22.2 Å². The van der Waals surface area contributed by atoms with E-state index < -0.39 is 0 Å². The average molecular weight is 326 g/mol. The predicted octanol–water partition coefficient (Wildman–Crippen LogP) is 2.58. The lowest BCUT2D eigenvalue weighted by Crippen LogP contribution is -2.39. The van der Waals surface area contributed by atoms with Crippen molar-refractivity contribution >= 4 is 17.4 Å². The molecule has 6 nitrogen and oxygen atoms in total. The van der Waals surface area contributed by atoms with Gasteiger partial charge in [0.25, 0.3) is 5.91 Å². The number of para-hydroxylation sites is 2. The molecule has 1 aliphatic rings. The van der Waals surface area contributed by atoms with E-state index in [0.29, 0.717) is 6.54 Å². The molecule has 3 rings (SSSR count). The second kappa shape index (κ2) is 7.29. The molecule has 1 N–H and O–H groups in total. The van der Waals surface area contributed by atoms with Gasteiger partial charge in [-0.15, -0.1) is 0 Å². The van der Waals surface area contributed by atoms with Crippen LogP contribution in [0.3, 0.4) is 0 Å². The molecular weight excluding hydrogens is 304 g/mol. The lowest BCUT2D eigenvalue weighted by atomic mass is 10.2. The monoisotopic (exact) mass is 326 g/mol. The first-order valence-electron chi connectivity index (χ1n) is 8.28. The average Bonchev–Trinajstić information content (AvgIpc) is 2.59. The summed E-state index contributed by atoms with van der Waals surface area (Å²) < 4.78 is 5.46. The summed E-state index contributed by atoms with van der Waals surface area (Å²) in [5.74, 6) is 2.38. The lowest BCUT2D eigenvalue weighted by molar-refractivity contribution is -0.121. The summed E-state index contributed by atoms with van der Waals surface area (Å²) in [5.41, 5.74) is 1.88. The Labute approximate surface area is 141 Å². The van der Waals surface area contributed by atoms with E-state index in [1.807, 2.05) is 37.3 Å². The van der Waals surface area contributed by atoms with Gasteiger partial charge in [0, 0.05) is 24.8 Å². The van der Waals surface area contributed by atoms with E-state index in [0.717, 1.165) is 48.2 Å². The highest BCUT2D eigenvalue weighted by Gasteiger charge is 2.24. The number of carbonyl (C=O) groups is 1. The highest BCUT2D eigenvalue weighted by atomic mass is 16.5. The SMILES string of the molecule is CCc1cc(NCCCN2C(=O)COc3ccccc32)nc(C)n1. The van der Waals surface area contributed by atoms with Crippen LogP contribution >= 0.6 is 0 Å². The predicted molar refractivity (Wildman–Crippen MR) is 93.5 cm³/mol. The summed E-state index contributed by atoms with van der Waals surface area (Å²) in [4.78, 5) is 22.7. The fourth-order valence-corrected chi connectivity index (χ4v) is 2.75. The maximum atomic E-state index is 12.1. The Bertz CT molecular complexity index is 733. The Kier molecular flexibility index (Phi) is 4.93. The van der Waals surface area contributed by atoms with Gasteiger partial charge in [-0.25, -0.2) is 9.97 Å². The van der Waals surface area contributed by atoms with Crippen LogP contribution in [-0.2, 0) is 11.2 Å². The number of nitrogens with one attached hydrogen (secondary N) is 1. The zero-order chi connectivity index (χ0) is 16.9. The van der Waals surface area contributed by atoms with Crippen LogP contribution in [0.25, 0.3) is 0 Å². The molecule has 0 aliphatic carbocycles. The van der Waals surface area contributed by atoms with Crippen LogP contribution in [0, 0.1) is 6.92 Å². The molecule has 2 aromatic rings. The van der Waals surface area contributed by atoms with Crippen LogP contribution in [0.5, 0.6) is 5.75 Å². The third-order valence-corrected chi connectivity index (χ3v) is 3.93. The highest BCUT2D eigenvalue weighted by molar-refractivity contribution is 5.97. The number of anilines is 2. The fourth-order valence-electron chi connectivity index (χ4n) is 2.75. The molecule has 0 spiro atoms. The Hall–Kier alpha value is -2.63. The maximum Gasteiger partial charge on any atom is 0.265 e. The minimum Gasteiger partial charge on any atom is -0.482 e. The summed E-state index contributed by atoms with van der Waals surface area (Å²) in [5, 5.41) is 3.32. The smallest absolute Gasteiger partial charge is 0.265 e. The van der Waals surface area contributed by atoms with Crippen molar-refractivity contribution in [3.8, 4) is 5.75 Å². The molecule has 6 heteroatoms. The first kappa shape index (κ1) is 16.2. The second-order valence-electron chi connectivity index (χ2n) is 5.73. The minimum atomic E-state index is -0.000139. The van der Waals surface area contributed by atoms with Crippen molar-refractivity contribution in [3.05, 3.63) is 41.9 Å². The Morgan fingerprint density at radius 3 is 2.96 bits per heavy atom. The first-order valence-corrected chi connectivity index (χ1v) is 8.28. The molecule has 24 heavy (non-hydrogen) atoms. The van der Waals surface area contributed by atoms with Crippen molar-refractivity contribution < 1.29 is 9.53 Å². The summed E-state index contributed by atoms with van der Waals surface area (Å²) in [6.07, 6.45) is 1.71. The van der Waals surface area contributed by atoms with Gasteiger partial charge in [0.05, 0.1) is 5.69 Å². The van der Waals surface area contributed by atoms with Crippen LogP contribution in [0.15, 0.2) is 30.3 Å². The van der Waals surface area contributed by atoms with Gasteiger partial charge in [-0.2, -0.15) is 0 Å². The zero-order valence-corrected chi connectivity index (χ0v) is 14.1. The van der Waals surface area contributed by atoms with Crippen molar-refractivity contribution in [2.75, 3.05) is 29.9 Å². The van der Waals surface area contributed by atoms with Gasteiger partial charge < -0.3 is 15.0 Å². The molecule has 1 aliphatic heterocycles. The van der Waals surface area contributed by atoms with Gasteiger partial charge >= 0.3 is 0 Å². The number of fused-ring (bicyclic) bond motifs is 1. The number of ether oxygens (including phenoxy) is 1. The van der Waals surface area contributed by atoms with Crippen LogP contribution in [-0.4, -0.2) is 35.6 Å². The number of aryl methyl sites for hydroxylation is 2. The van der Waals surface area contributed by atoms with Gasteiger partial charge in [-0.05, 0) is 31.9 Å². The molecule has 0 atom stereocenters.